The number of hydrogen-bond donors (Lipinski definition) is 1. The number of rotatable bonds is 5. The van der Waals surface area contributed by atoms with Gasteiger partial charge in [-0.1, -0.05) is 0 Å². The molecule has 0 bridgehead atoms. The first-order valence-electron chi connectivity index (χ1n) is 5.30. The summed E-state index contributed by atoms with van der Waals surface area (Å²) in [4.78, 5) is 0. The molecule has 0 aliphatic rings. The minimum Gasteiger partial charge on any atom is -0.382 e. The molecule has 0 radical (unpaired) electrons. The Balaban J connectivity index is 2.50. The van der Waals surface area contributed by atoms with E-state index in [9.17, 15) is 0 Å². The van der Waals surface area contributed by atoms with Gasteiger partial charge in [0.05, 0.1) is 11.8 Å². The van der Waals surface area contributed by atoms with Crippen molar-refractivity contribution in [2.45, 2.75) is 38.8 Å². The highest BCUT2D eigenvalue weighted by Gasteiger charge is 2.11. The van der Waals surface area contributed by atoms with Crippen molar-refractivity contribution in [3.63, 3.8) is 0 Å². The molecule has 2 unspecified atom stereocenters. The third-order valence-electron chi connectivity index (χ3n) is 2.61. The van der Waals surface area contributed by atoms with Crippen molar-refractivity contribution in [3.05, 3.63) is 17.5 Å². The normalized spacial score (nSPS) is 15.3. The monoisotopic (exact) mass is 211 g/mol. The quantitative estimate of drug-likeness (QED) is 0.791. The van der Waals surface area contributed by atoms with Crippen LogP contribution in [0.4, 0.5) is 0 Å². The summed E-state index contributed by atoms with van der Waals surface area (Å²) in [7, 11) is 3.67. The highest BCUT2D eigenvalue weighted by molar-refractivity contribution is 5.09. The zero-order valence-electron chi connectivity index (χ0n) is 10.0. The van der Waals surface area contributed by atoms with Crippen LogP contribution in [0.15, 0.2) is 6.07 Å². The summed E-state index contributed by atoms with van der Waals surface area (Å²) in [6, 6.07) is 2.21. The maximum absolute atomic E-state index is 6.04. The van der Waals surface area contributed by atoms with E-state index in [0.717, 1.165) is 18.5 Å². The molecule has 15 heavy (non-hydrogen) atoms. The van der Waals surface area contributed by atoms with Crippen LogP contribution in [-0.4, -0.2) is 29.0 Å². The first kappa shape index (κ1) is 12.2. The smallest absolute Gasteiger partial charge is 0.0596 e. The Hall–Kier alpha value is -0.870. The number of nitrogens with zero attached hydrogens (tertiary/aromatic N) is 2. The minimum atomic E-state index is 0.134. The molecule has 0 aromatic carbocycles. The molecule has 1 aromatic rings. The molecule has 1 rings (SSSR count). The molecule has 0 aliphatic carbocycles. The number of ether oxygens (including phenoxy) is 1. The van der Waals surface area contributed by atoms with E-state index in [-0.39, 0.29) is 12.1 Å². The van der Waals surface area contributed by atoms with Crippen molar-refractivity contribution in [3.8, 4) is 0 Å². The van der Waals surface area contributed by atoms with E-state index in [0.29, 0.717) is 0 Å². The lowest BCUT2D eigenvalue weighted by Gasteiger charge is -2.15. The van der Waals surface area contributed by atoms with E-state index in [4.69, 9.17) is 10.5 Å². The molecule has 2 atom stereocenters. The SMILES string of the molecule is COC(C)CC(N)Cc1cc(C)nn1C. The second-order valence-electron chi connectivity index (χ2n) is 4.15. The Kier molecular flexibility index (Phi) is 4.29. The number of nitrogens with two attached hydrogens (primary N) is 1. The van der Waals surface area contributed by atoms with Crippen LogP contribution in [0.1, 0.15) is 24.7 Å². The fraction of sp³-hybridized carbons (Fsp3) is 0.727. The third-order valence-corrected chi connectivity index (χ3v) is 2.61. The maximum atomic E-state index is 6.04. The van der Waals surface area contributed by atoms with Gasteiger partial charge in [-0.25, -0.2) is 0 Å². The van der Waals surface area contributed by atoms with Crippen LogP contribution in [0.5, 0.6) is 0 Å². The molecule has 0 saturated heterocycles. The van der Waals surface area contributed by atoms with Gasteiger partial charge in [-0.3, -0.25) is 4.68 Å². The largest absolute Gasteiger partial charge is 0.382 e. The topological polar surface area (TPSA) is 53.1 Å². The summed E-state index contributed by atoms with van der Waals surface area (Å²) in [6.07, 6.45) is 1.94. The molecule has 0 fully saturated rings. The number of methoxy groups -OCH3 is 1. The average Bonchev–Trinajstić information content (AvgIpc) is 2.44. The Bertz CT molecular complexity index is 309. The van der Waals surface area contributed by atoms with Gasteiger partial charge in [-0.05, 0) is 26.3 Å². The zero-order chi connectivity index (χ0) is 11.4. The predicted octanol–water partition coefficient (Wildman–Crippen LogP) is 1.02. The standard InChI is InChI=1S/C11H21N3O/c1-8-5-11(14(3)13-8)7-10(12)6-9(2)15-4/h5,9-10H,6-7,12H2,1-4H3. The second-order valence-corrected chi connectivity index (χ2v) is 4.15. The summed E-state index contributed by atoms with van der Waals surface area (Å²) in [5, 5.41) is 4.29. The molecular weight excluding hydrogens is 190 g/mol. The van der Waals surface area contributed by atoms with Gasteiger partial charge >= 0.3 is 0 Å². The van der Waals surface area contributed by atoms with E-state index < -0.39 is 0 Å². The summed E-state index contributed by atoms with van der Waals surface area (Å²) in [5.74, 6) is 0. The van der Waals surface area contributed by atoms with Crippen LogP contribution in [-0.2, 0) is 18.2 Å². The average molecular weight is 211 g/mol. The molecule has 4 heteroatoms. The van der Waals surface area contributed by atoms with Crippen molar-refractivity contribution >= 4 is 0 Å². The third kappa shape index (κ3) is 3.64. The van der Waals surface area contributed by atoms with E-state index in [2.05, 4.69) is 11.2 Å². The summed E-state index contributed by atoms with van der Waals surface area (Å²) in [6.45, 7) is 4.03. The summed E-state index contributed by atoms with van der Waals surface area (Å²) in [5.41, 5.74) is 8.26. The van der Waals surface area contributed by atoms with Gasteiger partial charge in [0.2, 0.25) is 0 Å². The number of hydrogen-bond acceptors (Lipinski definition) is 3. The maximum Gasteiger partial charge on any atom is 0.0596 e. The van der Waals surface area contributed by atoms with Crippen molar-refractivity contribution < 1.29 is 4.74 Å². The van der Waals surface area contributed by atoms with Crippen LogP contribution in [0, 0.1) is 6.92 Å². The van der Waals surface area contributed by atoms with Crippen molar-refractivity contribution in [2.24, 2.45) is 12.8 Å². The molecular formula is C11H21N3O. The molecule has 2 N–H and O–H groups in total. The fourth-order valence-corrected chi connectivity index (χ4v) is 1.73. The molecule has 86 valence electrons. The van der Waals surface area contributed by atoms with Gasteiger partial charge in [0, 0.05) is 32.3 Å². The van der Waals surface area contributed by atoms with E-state index in [1.165, 1.54) is 5.69 Å². The molecule has 1 heterocycles. The summed E-state index contributed by atoms with van der Waals surface area (Å²) < 4.78 is 7.09. The summed E-state index contributed by atoms with van der Waals surface area (Å²) >= 11 is 0. The lowest BCUT2D eigenvalue weighted by atomic mass is 10.1. The number of aromatic nitrogens is 2. The fourth-order valence-electron chi connectivity index (χ4n) is 1.73. The highest BCUT2D eigenvalue weighted by Crippen LogP contribution is 2.08. The van der Waals surface area contributed by atoms with Crippen LogP contribution >= 0.6 is 0 Å². The minimum absolute atomic E-state index is 0.134. The van der Waals surface area contributed by atoms with Gasteiger partial charge in [0.1, 0.15) is 0 Å². The van der Waals surface area contributed by atoms with Gasteiger partial charge in [-0.15, -0.1) is 0 Å². The molecule has 0 aliphatic heterocycles. The Morgan fingerprint density at radius 2 is 2.27 bits per heavy atom. The second kappa shape index (κ2) is 5.28. The predicted molar refractivity (Wildman–Crippen MR) is 60.7 cm³/mol. The van der Waals surface area contributed by atoms with Gasteiger partial charge in [-0.2, -0.15) is 5.10 Å². The van der Waals surface area contributed by atoms with Crippen molar-refractivity contribution in [1.82, 2.24) is 9.78 Å². The van der Waals surface area contributed by atoms with Crippen LogP contribution in [0.25, 0.3) is 0 Å². The van der Waals surface area contributed by atoms with Gasteiger partial charge in [0.25, 0.3) is 0 Å². The van der Waals surface area contributed by atoms with Gasteiger partial charge < -0.3 is 10.5 Å². The lowest BCUT2D eigenvalue weighted by molar-refractivity contribution is 0.104. The van der Waals surface area contributed by atoms with Crippen LogP contribution in [0.3, 0.4) is 0 Å². The lowest BCUT2D eigenvalue weighted by Crippen LogP contribution is -2.28. The van der Waals surface area contributed by atoms with Crippen molar-refractivity contribution in [1.29, 1.82) is 0 Å². The molecule has 1 aromatic heterocycles. The molecule has 0 saturated carbocycles. The van der Waals surface area contributed by atoms with Crippen LogP contribution < -0.4 is 5.73 Å². The molecule has 4 nitrogen and oxygen atoms in total. The van der Waals surface area contributed by atoms with E-state index in [1.807, 2.05) is 25.6 Å². The Morgan fingerprint density at radius 3 is 2.73 bits per heavy atom. The highest BCUT2D eigenvalue weighted by atomic mass is 16.5. The zero-order valence-corrected chi connectivity index (χ0v) is 10.0. The number of aryl methyl sites for hydroxylation is 2. The van der Waals surface area contributed by atoms with Crippen LogP contribution in [0.2, 0.25) is 0 Å². The molecule has 0 spiro atoms. The van der Waals surface area contributed by atoms with Gasteiger partial charge in [0.15, 0.2) is 0 Å². The molecule has 0 amide bonds. The Labute approximate surface area is 91.4 Å². The van der Waals surface area contributed by atoms with Crippen molar-refractivity contribution in [2.75, 3.05) is 7.11 Å². The first-order chi connectivity index (χ1) is 7.02. The Morgan fingerprint density at radius 1 is 1.60 bits per heavy atom. The van der Waals surface area contributed by atoms with E-state index in [1.54, 1.807) is 7.11 Å². The van der Waals surface area contributed by atoms with E-state index >= 15 is 0 Å². The first-order valence-corrected chi connectivity index (χ1v) is 5.30.